The Kier molecular flexibility index (Phi) is 5.75. The van der Waals surface area contributed by atoms with Crippen LogP contribution < -0.4 is 0 Å². The van der Waals surface area contributed by atoms with Gasteiger partial charge in [-0.1, -0.05) is 36.4 Å². The molecule has 0 spiro atoms. The average Bonchev–Trinajstić information content (AvgIpc) is 3.55. The molecule has 1 aliphatic rings. The fourth-order valence-corrected chi connectivity index (χ4v) is 5.09. The Balaban J connectivity index is 1.12. The Hall–Kier alpha value is -4.11. The van der Waals surface area contributed by atoms with Gasteiger partial charge in [0.1, 0.15) is 22.6 Å². The van der Waals surface area contributed by atoms with Crippen molar-refractivity contribution in [3.63, 3.8) is 0 Å². The molecule has 5 aromatic rings. The number of likely N-dealkylation sites (tertiary alicyclic amines) is 1. The predicted octanol–water partition coefficient (Wildman–Crippen LogP) is 6.05. The van der Waals surface area contributed by atoms with Crippen molar-refractivity contribution in [3.8, 4) is 11.4 Å². The molecule has 0 radical (unpaired) electrons. The Morgan fingerprint density at radius 1 is 1.00 bits per heavy atom. The molecule has 38 heavy (non-hydrogen) atoms. The number of nitrogens with one attached hydrogen (secondary N) is 1. The van der Waals surface area contributed by atoms with Crippen LogP contribution in [0.25, 0.3) is 33.3 Å². The monoisotopic (exact) mass is 519 g/mol. The Morgan fingerprint density at radius 3 is 2.45 bits per heavy atom. The third kappa shape index (κ3) is 4.43. The molecule has 3 aromatic carbocycles. The molecule has 6 nitrogen and oxygen atoms in total. The van der Waals surface area contributed by atoms with Crippen molar-refractivity contribution in [2.45, 2.75) is 31.0 Å². The van der Waals surface area contributed by atoms with Crippen LogP contribution in [0, 0.1) is 0 Å². The number of hydrogen-bond acceptors (Lipinski definition) is 4. The summed E-state index contributed by atoms with van der Waals surface area (Å²) in [5, 5.41) is 13.3. The first-order valence-electron chi connectivity index (χ1n) is 12.3. The van der Waals surface area contributed by atoms with E-state index in [-0.39, 0.29) is 12.3 Å². The molecule has 1 aliphatic heterocycles. The molecule has 0 unspecified atom stereocenters. The number of carbonyl (C=O) groups is 1. The van der Waals surface area contributed by atoms with E-state index in [1.165, 1.54) is 18.3 Å². The summed E-state index contributed by atoms with van der Waals surface area (Å²) in [5.74, 6) is 0.358. The molecule has 1 saturated heterocycles. The van der Waals surface area contributed by atoms with Gasteiger partial charge >= 0.3 is 6.18 Å². The van der Waals surface area contributed by atoms with E-state index in [0.717, 1.165) is 39.6 Å². The van der Waals surface area contributed by atoms with Gasteiger partial charge in [0.15, 0.2) is 0 Å². The molecule has 2 aromatic heterocycles. The standard InChI is InChI=1S/C29H24F3N3O3/c30-29(31,32)20-8-6-19(7-9-20)27-33-17-25(34-27)28(37)11-13-35(14-12-28)26(36)16-18-5-10-24-22(15-18)21-3-1-2-4-23(21)38-24/h1-10,15,17,37H,11-14,16H2,(H,33,34). The number of nitrogens with zero attached hydrogens (tertiary/aromatic N) is 2. The minimum absolute atomic E-state index is 0.0192. The highest BCUT2D eigenvalue weighted by molar-refractivity contribution is 6.05. The number of aliphatic hydroxyl groups is 1. The highest BCUT2D eigenvalue weighted by Crippen LogP contribution is 2.35. The van der Waals surface area contributed by atoms with Gasteiger partial charge in [-0.3, -0.25) is 4.79 Å². The van der Waals surface area contributed by atoms with Crippen molar-refractivity contribution in [1.82, 2.24) is 14.9 Å². The minimum Gasteiger partial charge on any atom is -0.456 e. The Morgan fingerprint density at radius 2 is 1.71 bits per heavy atom. The molecule has 2 N–H and O–H groups in total. The van der Waals surface area contributed by atoms with Crippen LogP contribution in [0.2, 0.25) is 0 Å². The van der Waals surface area contributed by atoms with E-state index in [1.807, 2.05) is 42.5 Å². The molecule has 9 heteroatoms. The minimum atomic E-state index is -4.41. The molecule has 0 saturated carbocycles. The van der Waals surface area contributed by atoms with E-state index in [9.17, 15) is 23.1 Å². The lowest BCUT2D eigenvalue weighted by molar-refractivity contribution is -0.137. The van der Waals surface area contributed by atoms with Gasteiger partial charge in [-0.25, -0.2) is 4.98 Å². The maximum absolute atomic E-state index is 13.1. The van der Waals surface area contributed by atoms with Crippen LogP contribution >= 0.6 is 0 Å². The summed E-state index contributed by atoms with van der Waals surface area (Å²) in [6, 6.07) is 18.3. The largest absolute Gasteiger partial charge is 0.456 e. The number of carbonyl (C=O) groups excluding carboxylic acids is 1. The molecule has 0 atom stereocenters. The van der Waals surface area contributed by atoms with Gasteiger partial charge in [0.2, 0.25) is 5.91 Å². The number of furan rings is 1. The lowest BCUT2D eigenvalue weighted by Crippen LogP contribution is -2.45. The third-order valence-electron chi connectivity index (χ3n) is 7.30. The molecule has 1 amide bonds. The Bertz CT molecular complexity index is 1630. The van der Waals surface area contributed by atoms with Crippen LogP contribution in [-0.4, -0.2) is 39.0 Å². The number of hydrogen-bond donors (Lipinski definition) is 2. The van der Waals surface area contributed by atoms with Gasteiger partial charge < -0.3 is 19.4 Å². The predicted molar refractivity (Wildman–Crippen MR) is 136 cm³/mol. The number of benzene rings is 3. The number of imidazole rings is 1. The van der Waals surface area contributed by atoms with Crippen molar-refractivity contribution >= 4 is 27.8 Å². The summed E-state index contributed by atoms with van der Waals surface area (Å²) >= 11 is 0. The second kappa shape index (κ2) is 9.02. The Labute approximate surface area is 215 Å². The summed E-state index contributed by atoms with van der Waals surface area (Å²) in [6.07, 6.45) is -2.02. The molecular weight excluding hydrogens is 495 g/mol. The number of rotatable bonds is 4. The number of amides is 1. The lowest BCUT2D eigenvalue weighted by Gasteiger charge is -2.37. The number of aromatic amines is 1. The summed E-state index contributed by atoms with van der Waals surface area (Å²) < 4.78 is 44.4. The van der Waals surface area contributed by atoms with Crippen LogP contribution in [0.1, 0.15) is 29.7 Å². The number of aromatic nitrogens is 2. The quantitative estimate of drug-likeness (QED) is 0.303. The number of fused-ring (bicyclic) bond motifs is 3. The second-order valence-corrected chi connectivity index (χ2v) is 9.74. The topological polar surface area (TPSA) is 82.4 Å². The molecule has 6 rings (SSSR count). The number of H-pyrrole nitrogens is 1. The number of piperidine rings is 1. The molecule has 1 fully saturated rings. The number of halogens is 3. The molecule has 0 aliphatic carbocycles. The second-order valence-electron chi connectivity index (χ2n) is 9.74. The highest BCUT2D eigenvalue weighted by atomic mass is 19.4. The molecular formula is C29H24F3N3O3. The van der Waals surface area contributed by atoms with Gasteiger partial charge in [0, 0.05) is 29.4 Å². The van der Waals surface area contributed by atoms with Gasteiger partial charge in [0.05, 0.1) is 23.9 Å². The van der Waals surface area contributed by atoms with Gasteiger partial charge in [-0.05, 0) is 48.7 Å². The van der Waals surface area contributed by atoms with Crippen molar-refractivity contribution in [2.24, 2.45) is 0 Å². The smallest absolute Gasteiger partial charge is 0.416 e. The van der Waals surface area contributed by atoms with E-state index < -0.39 is 17.3 Å². The van der Waals surface area contributed by atoms with Crippen molar-refractivity contribution in [3.05, 3.63) is 89.7 Å². The van der Waals surface area contributed by atoms with Crippen LogP contribution in [0.4, 0.5) is 13.2 Å². The number of alkyl halides is 3. The van der Waals surface area contributed by atoms with Crippen LogP contribution in [0.3, 0.4) is 0 Å². The zero-order valence-corrected chi connectivity index (χ0v) is 20.3. The van der Waals surface area contributed by atoms with Crippen LogP contribution in [0.15, 0.2) is 77.3 Å². The fraction of sp³-hybridized carbons (Fsp3) is 0.241. The zero-order chi connectivity index (χ0) is 26.5. The van der Waals surface area contributed by atoms with E-state index >= 15 is 0 Å². The van der Waals surface area contributed by atoms with Crippen LogP contribution in [-0.2, 0) is 23.0 Å². The average molecular weight is 520 g/mol. The fourth-order valence-electron chi connectivity index (χ4n) is 5.09. The maximum atomic E-state index is 13.1. The molecule has 0 bridgehead atoms. The van der Waals surface area contributed by atoms with Crippen molar-refractivity contribution < 1.29 is 27.5 Å². The van der Waals surface area contributed by atoms with Crippen molar-refractivity contribution in [2.75, 3.05) is 13.1 Å². The first kappa shape index (κ1) is 24.2. The lowest BCUT2D eigenvalue weighted by atomic mass is 9.88. The first-order chi connectivity index (χ1) is 18.2. The van der Waals surface area contributed by atoms with Gasteiger partial charge in [-0.2, -0.15) is 13.2 Å². The van der Waals surface area contributed by atoms with Gasteiger partial charge in [-0.15, -0.1) is 0 Å². The van der Waals surface area contributed by atoms with Gasteiger partial charge in [0.25, 0.3) is 0 Å². The summed E-state index contributed by atoms with van der Waals surface area (Å²) in [5.41, 5.74) is 1.51. The van der Waals surface area contributed by atoms with E-state index in [2.05, 4.69) is 9.97 Å². The van der Waals surface area contributed by atoms with Crippen molar-refractivity contribution in [1.29, 1.82) is 0 Å². The van der Waals surface area contributed by atoms with E-state index in [1.54, 1.807) is 4.90 Å². The molecule has 194 valence electrons. The summed E-state index contributed by atoms with van der Waals surface area (Å²) in [7, 11) is 0. The highest BCUT2D eigenvalue weighted by Gasteiger charge is 2.37. The first-order valence-corrected chi connectivity index (χ1v) is 12.3. The maximum Gasteiger partial charge on any atom is 0.416 e. The third-order valence-corrected chi connectivity index (χ3v) is 7.30. The SMILES string of the molecule is O=C(Cc1ccc2oc3ccccc3c2c1)N1CCC(O)(c2cnc(-c3ccc(C(F)(F)F)cc3)[nH]2)CC1. The normalized spacial score (nSPS) is 15.8. The van der Waals surface area contributed by atoms with Crippen LogP contribution in [0.5, 0.6) is 0 Å². The zero-order valence-electron chi connectivity index (χ0n) is 20.3. The van der Waals surface area contributed by atoms with E-state index in [4.69, 9.17) is 4.42 Å². The molecule has 3 heterocycles. The van der Waals surface area contributed by atoms with E-state index in [0.29, 0.717) is 43.0 Å². The summed E-state index contributed by atoms with van der Waals surface area (Å²) in [6.45, 7) is 0.752. The number of para-hydroxylation sites is 1. The summed E-state index contributed by atoms with van der Waals surface area (Å²) in [4.78, 5) is 22.1.